The fourth-order valence-corrected chi connectivity index (χ4v) is 2.02. The summed E-state index contributed by atoms with van der Waals surface area (Å²) in [6.45, 7) is 1.08. The summed E-state index contributed by atoms with van der Waals surface area (Å²) < 4.78 is 30.3. The van der Waals surface area contributed by atoms with Gasteiger partial charge < -0.3 is 15.8 Å². The number of ether oxygens (including phenoxy) is 1. The summed E-state index contributed by atoms with van der Waals surface area (Å²) in [6, 6.07) is 4.51. The van der Waals surface area contributed by atoms with E-state index in [1.165, 1.54) is 19.2 Å². The molecule has 0 spiro atoms. The molecular formula is C10H17N3O3S. The van der Waals surface area contributed by atoms with E-state index in [0.717, 1.165) is 0 Å². The second-order valence-electron chi connectivity index (χ2n) is 3.38. The van der Waals surface area contributed by atoms with E-state index in [9.17, 15) is 8.42 Å². The first-order valence-electron chi connectivity index (χ1n) is 5.07. The number of anilines is 2. The molecule has 0 saturated heterocycles. The molecule has 0 heterocycles. The Morgan fingerprint density at radius 2 is 2.12 bits per heavy atom. The van der Waals surface area contributed by atoms with Crippen LogP contribution in [0.4, 0.5) is 11.4 Å². The molecule has 0 radical (unpaired) electrons. The number of nitrogens with two attached hydrogens (primary N) is 1. The molecule has 7 heteroatoms. The van der Waals surface area contributed by atoms with Crippen LogP contribution >= 0.6 is 0 Å². The molecule has 0 saturated carbocycles. The average molecular weight is 259 g/mol. The molecule has 1 aromatic rings. The van der Waals surface area contributed by atoms with E-state index in [4.69, 9.17) is 10.5 Å². The van der Waals surface area contributed by atoms with Crippen LogP contribution in [0.2, 0.25) is 0 Å². The maximum Gasteiger partial charge on any atom is 0.240 e. The molecule has 17 heavy (non-hydrogen) atoms. The molecule has 1 aromatic carbocycles. The van der Waals surface area contributed by atoms with Crippen molar-refractivity contribution in [3.05, 3.63) is 18.2 Å². The van der Waals surface area contributed by atoms with Crippen LogP contribution < -0.4 is 15.8 Å². The van der Waals surface area contributed by atoms with Gasteiger partial charge in [0.25, 0.3) is 0 Å². The molecule has 6 nitrogen and oxygen atoms in total. The van der Waals surface area contributed by atoms with E-state index < -0.39 is 10.0 Å². The van der Waals surface area contributed by atoms with Crippen LogP contribution in [0.3, 0.4) is 0 Å². The van der Waals surface area contributed by atoms with E-state index in [1.54, 1.807) is 13.2 Å². The number of rotatable bonds is 6. The lowest BCUT2D eigenvalue weighted by molar-refractivity contribution is 0.211. The highest BCUT2D eigenvalue weighted by Crippen LogP contribution is 2.22. The molecule has 0 unspecified atom stereocenters. The second-order valence-corrected chi connectivity index (χ2v) is 5.26. The van der Waals surface area contributed by atoms with Gasteiger partial charge in [0.05, 0.1) is 22.9 Å². The number of nitrogen functional groups attached to an aromatic ring is 1. The van der Waals surface area contributed by atoms with E-state index in [0.29, 0.717) is 24.5 Å². The SMILES string of the molecule is CNS(=O)(=O)c1ccc(N)c(NCCOC)c1. The van der Waals surface area contributed by atoms with Crippen LogP contribution in [0.15, 0.2) is 23.1 Å². The molecule has 0 aliphatic heterocycles. The lowest BCUT2D eigenvalue weighted by Crippen LogP contribution is -2.19. The fourth-order valence-electron chi connectivity index (χ4n) is 1.26. The maximum absolute atomic E-state index is 11.6. The van der Waals surface area contributed by atoms with Crippen molar-refractivity contribution in [3.63, 3.8) is 0 Å². The van der Waals surface area contributed by atoms with Gasteiger partial charge in [-0.25, -0.2) is 13.1 Å². The van der Waals surface area contributed by atoms with E-state index in [2.05, 4.69) is 10.0 Å². The van der Waals surface area contributed by atoms with Gasteiger partial charge in [0, 0.05) is 13.7 Å². The van der Waals surface area contributed by atoms with Gasteiger partial charge in [-0.3, -0.25) is 0 Å². The zero-order chi connectivity index (χ0) is 12.9. The summed E-state index contributed by atoms with van der Waals surface area (Å²) in [4.78, 5) is 0.175. The zero-order valence-electron chi connectivity index (χ0n) is 9.86. The monoisotopic (exact) mass is 259 g/mol. The molecule has 0 bridgehead atoms. The average Bonchev–Trinajstić information content (AvgIpc) is 2.31. The Hall–Kier alpha value is -1.31. The number of nitrogens with one attached hydrogen (secondary N) is 2. The van der Waals surface area contributed by atoms with Crippen molar-refractivity contribution >= 4 is 21.4 Å². The fraction of sp³-hybridized carbons (Fsp3) is 0.400. The third kappa shape index (κ3) is 3.58. The Kier molecular flexibility index (Phi) is 4.73. The second kappa shape index (κ2) is 5.85. The molecule has 0 fully saturated rings. The van der Waals surface area contributed by atoms with Crippen molar-refractivity contribution in [2.45, 2.75) is 4.90 Å². The van der Waals surface area contributed by atoms with Crippen molar-refractivity contribution in [1.29, 1.82) is 0 Å². The van der Waals surface area contributed by atoms with Gasteiger partial charge in [0.2, 0.25) is 10.0 Å². The van der Waals surface area contributed by atoms with Gasteiger partial charge in [-0.05, 0) is 25.2 Å². The Labute approximate surface area is 101 Å². The van der Waals surface area contributed by atoms with Gasteiger partial charge in [-0.15, -0.1) is 0 Å². The molecule has 4 N–H and O–H groups in total. The summed E-state index contributed by atoms with van der Waals surface area (Å²) in [7, 11) is -0.490. The third-order valence-electron chi connectivity index (χ3n) is 2.23. The topological polar surface area (TPSA) is 93.5 Å². The quantitative estimate of drug-likeness (QED) is 0.502. The smallest absolute Gasteiger partial charge is 0.240 e. The first-order valence-corrected chi connectivity index (χ1v) is 6.55. The van der Waals surface area contributed by atoms with Crippen LogP contribution in [0.5, 0.6) is 0 Å². The van der Waals surface area contributed by atoms with Gasteiger partial charge >= 0.3 is 0 Å². The lowest BCUT2D eigenvalue weighted by atomic mass is 10.2. The Morgan fingerprint density at radius 1 is 1.41 bits per heavy atom. The summed E-state index contributed by atoms with van der Waals surface area (Å²) in [5.41, 5.74) is 6.82. The molecule has 0 aromatic heterocycles. The molecule has 0 aliphatic rings. The van der Waals surface area contributed by atoms with Crippen molar-refractivity contribution in [1.82, 2.24) is 4.72 Å². The molecule has 0 atom stereocenters. The number of methoxy groups -OCH3 is 1. The molecule has 1 rings (SSSR count). The summed E-state index contributed by atoms with van der Waals surface area (Å²) >= 11 is 0. The number of hydrogen-bond acceptors (Lipinski definition) is 5. The van der Waals surface area contributed by atoms with Gasteiger partial charge in [-0.1, -0.05) is 0 Å². The zero-order valence-corrected chi connectivity index (χ0v) is 10.7. The van der Waals surface area contributed by atoms with Crippen LogP contribution in [-0.2, 0) is 14.8 Å². The summed E-state index contributed by atoms with van der Waals surface area (Å²) in [5, 5.41) is 3.01. The van der Waals surface area contributed by atoms with E-state index in [1.807, 2.05) is 0 Å². The first-order chi connectivity index (χ1) is 8.01. The Balaban J connectivity index is 2.95. The molecule has 0 aliphatic carbocycles. The largest absolute Gasteiger partial charge is 0.397 e. The van der Waals surface area contributed by atoms with Crippen LogP contribution in [0.1, 0.15) is 0 Å². The minimum atomic E-state index is -3.44. The normalized spacial score (nSPS) is 11.4. The molecular weight excluding hydrogens is 242 g/mol. The highest BCUT2D eigenvalue weighted by Gasteiger charge is 2.12. The highest BCUT2D eigenvalue weighted by molar-refractivity contribution is 7.89. The lowest BCUT2D eigenvalue weighted by Gasteiger charge is -2.11. The van der Waals surface area contributed by atoms with Gasteiger partial charge in [0.1, 0.15) is 0 Å². The number of benzene rings is 1. The minimum Gasteiger partial charge on any atom is -0.397 e. The summed E-state index contributed by atoms with van der Waals surface area (Å²) in [6.07, 6.45) is 0. The predicted octanol–water partition coefficient (Wildman–Crippen LogP) is 0.235. The molecule has 96 valence electrons. The standard InChI is InChI=1S/C10H17N3O3S/c1-12-17(14,15)8-3-4-9(11)10(7-8)13-5-6-16-2/h3-4,7,12-13H,5-6,11H2,1-2H3. The van der Waals surface area contributed by atoms with Gasteiger partial charge in [0.15, 0.2) is 0 Å². The van der Waals surface area contributed by atoms with E-state index >= 15 is 0 Å². The predicted molar refractivity (Wildman–Crippen MR) is 67.5 cm³/mol. The minimum absolute atomic E-state index is 0.175. The van der Waals surface area contributed by atoms with E-state index in [-0.39, 0.29) is 4.90 Å². The van der Waals surface area contributed by atoms with Crippen LogP contribution in [0, 0.1) is 0 Å². The number of hydrogen-bond donors (Lipinski definition) is 3. The van der Waals surface area contributed by atoms with Crippen LogP contribution in [0.25, 0.3) is 0 Å². The Morgan fingerprint density at radius 3 is 2.71 bits per heavy atom. The summed E-state index contributed by atoms with van der Waals surface area (Å²) in [5.74, 6) is 0. The third-order valence-corrected chi connectivity index (χ3v) is 3.64. The van der Waals surface area contributed by atoms with Crippen molar-refractivity contribution in [2.24, 2.45) is 0 Å². The highest BCUT2D eigenvalue weighted by atomic mass is 32.2. The van der Waals surface area contributed by atoms with Gasteiger partial charge in [-0.2, -0.15) is 0 Å². The maximum atomic E-state index is 11.6. The Bertz CT molecular complexity index is 474. The molecule has 0 amide bonds. The van der Waals surface area contributed by atoms with Crippen molar-refractivity contribution < 1.29 is 13.2 Å². The first kappa shape index (κ1) is 13.8. The number of sulfonamides is 1. The van der Waals surface area contributed by atoms with Crippen molar-refractivity contribution in [3.8, 4) is 0 Å². The van der Waals surface area contributed by atoms with Crippen molar-refractivity contribution in [2.75, 3.05) is 38.4 Å². The van der Waals surface area contributed by atoms with Crippen LogP contribution in [-0.4, -0.2) is 35.7 Å².